The number of carbonyl (C=O) groups excluding carboxylic acids is 2. The van der Waals surface area contributed by atoms with E-state index < -0.39 is 0 Å². The predicted octanol–water partition coefficient (Wildman–Crippen LogP) is 2.24. The molecule has 122 valence electrons. The van der Waals surface area contributed by atoms with Gasteiger partial charge < -0.3 is 15.4 Å². The summed E-state index contributed by atoms with van der Waals surface area (Å²) >= 11 is 1.41. The van der Waals surface area contributed by atoms with Gasteiger partial charge in [0.15, 0.2) is 0 Å². The van der Waals surface area contributed by atoms with Crippen LogP contribution in [0, 0.1) is 0 Å². The summed E-state index contributed by atoms with van der Waals surface area (Å²) in [4.78, 5) is 24.3. The van der Waals surface area contributed by atoms with Crippen LogP contribution >= 0.6 is 11.3 Å². The van der Waals surface area contributed by atoms with Crippen molar-refractivity contribution in [1.82, 2.24) is 10.6 Å². The number of amides is 2. The molecule has 0 atom stereocenters. The maximum absolute atomic E-state index is 11.9. The van der Waals surface area contributed by atoms with E-state index in [1.54, 1.807) is 13.2 Å². The molecule has 0 radical (unpaired) electrons. The van der Waals surface area contributed by atoms with Gasteiger partial charge in [0.2, 0.25) is 5.91 Å². The number of hydrogen-bond donors (Lipinski definition) is 2. The zero-order valence-corrected chi connectivity index (χ0v) is 13.8. The van der Waals surface area contributed by atoms with Gasteiger partial charge in [0.05, 0.1) is 18.4 Å². The van der Waals surface area contributed by atoms with Gasteiger partial charge in [-0.15, -0.1) is 11.3 Å². The molecule has 1 heterocycles. The van der Waals surface area contributed by atoms with E-state index in [1.807, 2.05) is 35.7 Å². The minimum absolute atomic E-state index is 0.0564. The lowest BCUT2D eigenvalue weighted by molar-refractivity contribution is -0.120. The van der Waals surface area contributed by atoms with Crippen molar-refractivity contribution in [3.8, 4) is 5.75 Å². The molecule has 1 aromatic heterocycles. The molecular formula is C17H20N2O3S. The number of benzene rings is 1. The van der Waals surface area contributed by atoms with E-state index in [9.17, 15) is 9.59 Å². The standard InChI is InChI=1S/C17H20N2O3S/c1-22-14-7-3-2-6-13(14)12-16(20)18-9-5-10-19-17(21)15-8-4-11-23-15/h2-4,6-8,11H,5,9-10,12H2,1H3,(H,18,20)(H,19,21). The lowest BCUT2D eigenvalue weighted by Crippen LogP contribution is -2.30. The summed E-state index contributed by atoms with van der Waals surface area (Å²) in [6.07, 6.45) is 0.973. The summed E-state index contributed by atoms with van der Waals surface area (Å²) < 4.78 is 5.22. The highest BCUT2D eigenvalue weighted by Crippen LogP contribution is 2.17. The van der Waals surface area contributed by atoms with Crippen LogP contribution in [0.25, 0.3) is 0 Å². The van der Waals surface area contributed by atoms with Gasteiger partial charge in [-0.2, -0.15) is 0 Å². The first-order chi connectivity index (χ1) is 11.2. The van der Waals surface area contributed by atoms with Crippen LogP contribution in [0.5, 0.6) is 5.75 Å². The van der Waals surface area contributed by atoms with E-state index in [-0.39, 0.29) is 18.2 Å². The third-order valence-corrected chi connectivity index (χ3v) is 4.12. The van der Waals surface area contributed by atoms with Crippen LogP contribution in [-0.2, 0) is 11.2 Å². The molecule has 2 amide bonds. The second-order valence-corrected chi connectivity index (χ2v) is 5.87. The summed E-state index contributed by atoms with van der Waals surface area (Å²) in [6, 6.07) is 11.1. The predicted molar refractivity (Wildman–Crippen MR) is 91.0 cm³/mol. The van der Waals surface area contributed by atoms with Gasteiger partial charge in [0.25, 0.3) is 5.91 Å². The van der Waals surface area contributed by atoms with E-state index >= 15 is 0 Å². The van der Waals surface area contributed by atoms with Crippen molar-refractivity contribution in [2.24, 2.45) is 0 Å². The Hall–Kier alpha value is -2.34. The van der Waals surface area contributed by atoms with Gasteiger partial charge in [-0.3, -0.25) is 9.59 Å². The summed E-state index contributed by atoms with van der Waals surface area (Å²) in [7, 11) is 1.59. The Balaban J connectivity index is 1.64. The third-order valence-electron chi connectivity index (χ3n) is 3.25. The Bertz CT molecular complexity index is 641. The molecular weight excluding hydrogens is 312 g/mol. The summed E-state index contributed by atoms with van der Waals surface area (Å²) in [5.41, 5.74) is 0.860. The highest BCUT2D eigenvalue weighted by atomic mass is 32.1. The SMILES string of the molecule is COc1ccccc1CC(=O)NCCCNC(=O)c1cccs1. The van der Waals surface area contributed by atoms with Crippen molar-refractivity contribution in [1.29, 1.82) is 0 Å². The van der Waals surface area contributed by atoms with Gasteiger partial charge >= 0.3 is 0 Å². The maximum Gasteiger partial charge on any atom is 0.261 e. The molecule has 0 saturated heterocycles. The number of nitrogens with one attached hydrogen (secondary N) is 2. The van der Waals surface area contributed by atoms with Crippen LogP contribution in [0.15, 0.2) is 41.8 Å². The number of carbonyl (C=O) groups is 2. The van der Waals surface area contributed by atoms with Crippen LogP contribution in [0.3, 0.4) is 0 Å². The lowest BCUT2D eigenvalue weighted by atomic mass is 10.1. The average molecular weight is 332 g/mol. The number of para-hydroxylation sites is 1. The molecule has 23 heavy (non-hydrogen) atoms. The van der Waals surface area contributed by atoms with Crippen molar-refractivity contribution >= 4 is 23.2 Å². The summed E-state index contributed by atoms with van der Waals surface area (Å²) in [5.74, 6) is 0.588. The van der Waals surface area contributed by atoms with Gasteiger partial charge in [-0.05, 0) is 23.9 Å². The number of ether oxygens (including phenoxy) is 1. The molecule has 0 unspecified atom stereocenters. The normalized spacial score (nSPS) is 10.1. The molecule has 0 spiro atoms. The second kappa shape index (κ2) is 8.95. The first-order valence-electron chi connectivity index (χ1n) is 7.41. The fraction of sp³-hybridized carbons (Fsp3) is 0.294. The molecule has 5 nitrogen and oxygen atoms in total. The molecule has 0 aliphatic rings. The maximum atomic E-state index is 11.9. The molecule has 2 aromatic rings. The van der Waals surface area contributed by atoms with Crippen LogP contribution < -0.4 is 15.4 Å². The molecule has 0 aliphatic carbocycles. The number of thiophene rings is 1. The highest BCUT2D eigenvalue weighted by molar-refractivity contribution is 7.12. The molecule has 6 heteroatoms. The van der Waals surface area contributed by atoms with Crippen molar-refractivity contribution in [3.63, 3.8) is 0 Å². The monoisotopic (exact) mass is 332 g/mol. The topological polar surface area (TPSA) is 67.4 Å². The molecule has 0 saturated carbocycles. The summed E-state index contributed by atoms with van der Waals surface area (Å²) in [5, 5.41) is 7.54. The Kier molecular flexibility index (Phi) is 6.62. The molecule has 0 aliphatic heterocycles. The van der Waals surface area contributed by atoms with Crippen LogP contribution in [-0.4, -0.2) is 32.0 Å². The van der Waals surface area contributed by atoms with Crippen LogP contribution in [0.1, 0.15) is 21.7 Å². The first-order valence-corrected chi connectivity index (χ1v) is 8.29. The molecule has 2 N–H and O–H groups in total. The fourth-order valence-corrected chi connectivity index (χ4v) is 2.74. The van der Waals surface area contributed by atoms with Crippen molar-refractivity contribution in [2.75, 3.05) is 20.2 Å². The van der Waals surface area contributed by atoms with Gasteiger partial charge in [-0.1, -0.05) is 24.3 Å². The van der Waals surface area contributed by atoms with Crippen LogP contribution in [0.4, 0.5) is 0 Å². The average Bonchev–Trinajstić information content (AvgIpc) is 3.09. The first kappa shape index (κ1) is 17.0. The van der Waals surface area contributed by atoms with E-state index in [0.717, 1.165) is 5.56 Å². The fourth-order valence-electron chi connectivity index (χ4n) is 2.10. The van der Waals surface area contributed by atoms with Crippen LogP contribution in [0.2, 0.25) is 0 Å². The smallest absolute Gasteiger partial charge is 0.261 e. The Morgan fingerprint density at radius 1 is 1.09 bits per heavy atom. The summed E-state index contributed by atoms with van der Waals surface area (Å²) in [6.45, 7) is 1.06. The second-order valence-electron chi connectivity index (χ2n) is 4.93. The third kappa shape index (κ3) is 5.41. The quantitative estimate of drug-likeness (QED) is 0.729. The van der Waals surface area contributed by atoms with E-state index in [1.165, 1.54) is 11.3 Å². The minimum atomic E-state index is -0.0691. The Labute approximate surface area is 139 Å². The zero-order valence-electron chi connectivity index (χ0n) is 13.0. The molecule has 2 rings (SSSR count). The molecule has 0 fully saturated rings. The van der Waals surface area contributed by atoms with Gasteiger partial charge in [-0.25, -0.2) is 0 Å². The zero-order chi connectivity index (χ0) is 16.5. The van der Waals surface area contributed by atoms with Gasteiger partial charge in [0, 0.05) is 18.7 Å². The minimum Gasteiger partial charge on any atom is -0.496 e. The van der Waals surface area contributed by atoms with Crippen molar-refractivity contribution in [3.05, 3.63) is 52.2 Å². The molecule has 1 aromatic carbocycles. The largest absolute Gasteiger partial charge is 0.496 e. The number of hydrogen-bond acceptors (Lipinski definition) is 4. The highest BCUT2D eigenvalue weighted by Gasteiger charge is 2.08. The number of methoxy groups -OCH3 is 1. The van der Waals surface area contributed by atoms with E-state index in [2.05, 4.69) is 10.6 Å². The number of rotatable bonds is 8. The van der Waals surface area contributed by atoms with E-state index in [0.29, 0.717) is 30.1 Å². The lowest BCUT2D eigenvalue weighted by Gasteiger charge is -2.09. The Morgan fingerprint density at radius 3 is 2.61 bits per heavy atom. The van der Waals surface area contributed by atoms with Crippen molar-refractivity contribution in [2.45, 2.75) is 12.8 Å². The van der Waals surface area contributed by atoms with Gasteiger partial charge in [0.1, 0.15) is 5.75 Å². The van der Waals surface area contributed by atoms with Crippen molar-refractivity contribution < 1.29 is 14.3 Å². The Morgan fingerprint density at radius 2 is 1.87 bits per heavy atom. The molecule has 0 bridgehead atoms. The van der Waals surface area contributed by atoms with E-state index in [4.69, 9.17) is 4.74 Å².